The Morgan fingerprint density at radius 2 is 2.00 bits per heavy atom. The number of aromatic hydroxyl groups is 1. The highest BCUT2D eigenvalue weighted by Gasteiger charge is 2.12. The molecule has 14 heavy (non-hydrogen) atoms. The van der Waals surface area contributed by atoms with Crippen molar-refractivity contribution in [3.05, 3.63) is 26.6 Å². The summed E-state index contributed by atoms with van der Waals surface area (Å²) in [6.45, 7) is 0. The molecule has 74 valence electrons. The van der Waals surface area contributed by atoms with Crippen molar-refractivity contribution in [2.24, 2.45) is 0 Å². The van der Waals surface area contributed by atoms with Gasteiger partial charge in [-0.05, 0) is 46.2 Å². The average molecular weight is 326 g/mol. The first-order valence-electron chi connectivity index (χ1n) is 3.78. The van der Waals surface area contributed by atoms with E-state index in [0.29, 0.717) is 8.27 Å². The summed E-state index contributed by atoms with van der Waals surface area (Å²) in [4.78, 5) is 0.0430. The van der Waals surface area contributed by atoms with E-state index < -0.39 is 6.43 Å². The zero-order valence-corrected chi connectivity index (χ0v) is 9.77. The first-order valence-corrected chi connectivity index (χ1v) is 5.67. The van der Waals surface area contributed by atoms with Crippen molar-refractivity contribution in [1.29, 1.82) is 0 Å². The van der Waals surface area contributed by atoms with Crippen molar-refractivity contribution >= 4 is 44.0 Å². The highest BCUT2D eigenvalue weighted by Crippen LogP contribution is 2.36. The highest BCUT2D eigenvalue weighted by molar-refractivity contribution is 14.1. The summed E-state index contributed by atoms with van der Waals surface area (Å²) in [6.07, 6.45) is -2.44. The van der Waals surface area contributed by atoms with E-state index in [4.69, 9.17) is 0 Å². The molecular formula is C9H5F2IOS. The molecule has 1 nitrogen and oxygen atoms in total. The van der Waals surface area contributed by atoms with Crippen molar-refractivity contribution < 1.29 is 13.9 Å². The second kappa shape index (κ2) is 3.62. The first kappa shape index (κ1) is 10.1. The van der Waals surface area contributed by atoms with E-state index in [9.17, 15) is 13.9 Å². The molecule has 0 atom stereocenters. The zero-order valence-electron chi connectivity index (χ0n) is 6.80. The summed E-state index contributed by atoms with van der Waals surface area (Å²) < 4.78 is 26.1. The number of fused-ring (bicyclic) bond motifs is 1. The Morgan fingerprint density at radius 1 is 1.29 bits per heavy atom. The molecule has 0 bridgehead atoms. The Bertz CT molecular complexity index is 442. The number of hydrogen-bond acceptors (Lipinski definition) is 2. The average Bonchev–Trinajstić information content (AvgIpc) is 2.48. The third kappa shape index (κ3) is 1.70. The fraction of sp³-hybridized carbons (Fsp3) is 0.111. The van der Waals surface area contributed by atoms with Gasteiger partial charge in [0.05, 0.1) is 8.45 Å². The maximum absolute atomic E-state index is 12.4. The molecule has 0 saturated carbocycles. The van der Waals surface area contributed by atoms with Crippen molar-refractivity contribution in [3.63, 3.8) is 0 Å². The molecule has 0 aliphatic heterocycles. The summed E-state index contributed by atoms with van der Waals surface area (Å²) in [7, 11) is 0. The van der Waals surface area contributed by atoms with E-state index >= 15 is 0 Å². The Balaban J connectivity index is 2.66. The third-order valence-electron chi connectivity index (χ3n) is 1.82. The number of halogens is 3. The van der Waals surface area contributed by atoms with Gasteiger partial charge in [-0.3, -0.25) is 0 Å². The topological polar surface area (TPSA) is 20.2 Å². The van der Waals surface area contributed by atoms with E-state index in [0.717, 1.165) is 16.7 Å². The lowest BCUT2D eigenvalue weighted by Gasteiger charge is -1.95. The SMILES string of the molecule is Oc1cc2sc(C(F)F)cc2cc1I. The summed E-state index contributed by atoms with van der Waals surface area (Å²) >= 11 is 2.98. The smallest absolute Gasteiger partial charge is 0.272 e. The van der Waals surface area contributed by atoms with Crippen LogP contribution in [0.15, 0.2) is 18.2 Å². The van der Waals surface area contributed by atoms with Gasteiger partial charge in [0.25, 0.3) is 6.43 Å². The number of phenolic OH excluding ortho intramolecular Hbond substituents is 1. The highest BCUT2D eigenvalue weighted by atomic mass is 127. The number of thiophene rings is 1. The Morgan fingerprint density at radius 3 is 2.64 bits per heavy atom. The molecule has 0 radical (unpaired) electrons. The van der Waals surface area contributed by atoms with Gasteiger partial charge in [-0.1, -0.05) is 0 Å². The van der Waals surface area contributed by atoms with E-state index in [1.54, 1.807) is 6.07 Å². The molecule has 0 amide bonds. The normalized spacial score (nSPS) is 11.4. The van der Waals surface area contributed by atoms with Crippen molar-refractivity contribution in [1.82, 2.24) is 0 Å². The molecule has 0 fully saturated rings. The predicted octanol–water partition coefficient (Wildman–Crippen LogP) is 4.15. The molecule has 5 heteroatoms. The van der Waals surface area contributed by atoms with Crippen molar-refractivity contribution in [2.45, 2.75) is 6.43 Å². The molecule has 2 rings (SSSR count). The summed E-state index contributed by atoms with van der Waals surface area (Å²) in [5.74, 6) is 0.140. The minimum atomic E-state index is -2.44. The van der Waals surface area contributed by atoms with Crippen LogP contribution in [0.25, 0.3) is 10.1 Å². The van der Waals surface area contributed by atoms with E-state index in [-0.39, 0.29) is 10.6 Å². The maximum atomic E-state index is 12.4. The molecule has 1 heterocycles. The number of phenols is 1. The number of benzene rings is 1. The van der Waals surface area contributed by atoms with E-state index in [1.165, 1.54) is 12.1 Å². The van der Waals surface area contributed by atoms with Gasteiger partial charge in [-0.15, -0.1) is 11.3 Å². The van der Waals surface area contributed by atoms with Crippen molar-refractivity contribution in [3.8, 4) is 5.75 Å². The minimum absolute atomic E-state index is 0.0430. The molecule has 0 aliphatic rings. The Labute approximate surface area is 96.5 Å². The fourth-order valence-corrected chi connectivity index (χ4v) is 2.60. The lowest BCUT2D eigenvalue weighted by molar-refractivity contribution is 0.156. The van der Waals surface area contributed by atoms with E-state index in [2.05, 4.69) is 0 Å². The lowest BCUT2D eigenvalue weighted by Crippen LogP contribution is -1.73. The second-order valence-electron chi connectivity index (χ2n) is 2.79. The zero-order chi connectivity index (χ0) is 10.3. The molecule has 1 aromatic carbocycles. The largest absolute Gasteiger partial charge is 0.507 e. The van der Waals surface area contributed by atoms with Crippen molar-refractivity contribution in [2.75, 3.05) is 0 Å². The predicted molar refractivity (Wildman–Crippen MR) is 61.2 cm³/mol. The fourth-order valence-electron chi connectivity index (χ4n) is 1.18. The standard InChI is InChI=1S/C9H5F2IOS/c10-9(11)8-2-4-1-5(12)6(13)3-7(4)14-8/h1-3,9,13H. The number of alkyl halides is 2. The molecule has 0 aliphatic carbocycles. The molecule has 1 aromatic heterocycles. The monoisotopic (exact) mass is 326 g/mol. The van der Waals surface area contributed by atoms with Crippen LogP contribution in [0.2, 0.25) is 0 Å². The summed E-state index contributed by atoms with van der Waals surface area (Å²) in [5, 5.41) is 10.1. The third-order valence-corrected chi connectivity index (χ3v) is 3.79. The molecular weight excluding hydrogens is 321 g/mol. The molecule has 2 aromatic rings. The van der Waals surface area contributed by atoms with Gasteiger partial charge in [0, 0.05) is 4.70 Å². The Kier molecular flexibility index (Phi) is 2.61. The van der Waals surface area contributed by atoms with Crippen LogP contribution in [-0.4, -0.2) is 5.11 Å². The van der Waals surface area contributed by atoms with Gasteiger partial charge in [-0.2, -0.15) is 0 Å². The summed E-state index contributed by atoms with van der Waals surface area (Å²) in [5.41, 5.74) is 0. The molecule has 0 unspecified atom stereocenters. The molecule has 0 saturated heterocycles. The van der Waals surface area contributed by atoms with Crippen LogP contribution in [0.4, 0.5) is 8.78 Å². The van der Waals surface area contributed by atoms with Gasteiger partial charge >= 0.3 is 0 Å². The quantitative estimate of drug-likeness (QED) is 0.781. The molecule has 1 N–H and O–H groups in total. The van der Waals surface area contributed by atoms with Gasteiger partial charge in [0.1, 0.15) is 5.75 Å². The first-order chi connectivity index (χ1) is 6.58. The van der Waals surface area contributed by atoms with Crippen LogP contribution in [-0.2, 0) is 0 Å². The van der Waals surface area contributed by atoms with Crippen LogP contribution >= 0.6 is 33.9 Å². The number of hydrogen-bond donors (Lipinski definition) is 1. The maximum Gasteiger partial charge on any atom is 0.272 e. The van der Waals surface area contributed by atoms with E-state index in [1.807, 2.05) is 22.6 Å². The summed E-state index contributed by atoms with van der Waals surface area (Å²) in [6, 6.07) is 4.69. The minimum Gasteiger partial charge on any atom is -0.507 e. The van der Waals surface area contributed by atoms with Crippen LogP contribution in [0.3, 0.4) is 0 Å². The number of rotatable bonds is 1. The Hall–Kier alpha value is -0.430. The van der Waals surface area contributed by atoms with Gasteiger partial charge in [0.2, 0.25) is 0 Å². The van der Waals surface area contributed by atoms with Crippen LogP contribution < -0.4 is 0 Å². The van der Waals surface area contributed by atoms with Crippen LogP contribution in [0.1, 0.15) is 11.3 Å². The van der Waals surface area contributed by atoms with Crippen LogP contribution in [0.5, 0.6) is 5.75 Å². The van der Waals surface area contributed by atoms with Crippen LogP contribution in [0, 0.1) is 3.57 Å². The van der Waals surface area contributed by atoms with Gasteiger partial charge in [-0.25, -0.2) is 8.78 Å². The van der Waals surface area contributed by atoms with Gasteiger partial charge in [0.15, 0.2) is 0 Å². The molecule has 0 spiro atoms. The lowest BCUT2D eigenvalue weighted by atomic mass is 10.2. The van der Waals surface area contributed by atoms with Gasteiger partial charge < -0.3 is 5.11 Å². The second-order valence-corrected chi connectivity index (χ2v) is 5.07.